The molecule has 0 aliphatic carbocycles. The number of methoxy groups -OCH3 is 1. The van der Waals surface area contributed by atoms with Crippen LogP contribution >= 0.6 is 0 Å². The standard InChI is InChI=1S/C12H12N2O5/c1-14-8-5-7(13-11(16)12(17)18-2)3-4-9(8)19-6-10(14)15/h3-5H,6H2,1-2H3,(H,13,16). The van der Waals surface area contributed by atoms with Gasteiger partial charge in [-0.25, -0.2) is 4.79 Å². The number of hydrogen-bond donors (Lipinski definition) is 1. The number of fused-ring (bicyclic) bond motifs is 1. The molecule has 19 heavy (non-hydrogen) atoms. The van der Waals surface area contributed by atoms with Gasteiger partial charge in [-0.15, -0.1) is 0 Å². The van der Waals surface area contributed by atoms with E-state index >= 15 is 0 Å². The Balaban J connectivity index is 2.23. The van der Waals surface area contributed by atoms with Crippen molar-refractivity contribution in [1.29, 1.82) is 0 Å². The number of carbonyl (C=O) groups excluding carboxylic acids is 3. The Hall–Kier alpha value is -2.57. The van der Waals surface area contributed by atoms with Crippen molar-refractivity contribution in [3.05, 3.63) is 18.2 Å². The van der Waals surface area contributed by atoms with E-state index in [1.54, 1.807) is 25.2 Å². The Morgan fingerprint density at radius 2 is 2.16 bits per heavy atom. The molecule has 0 fully saturated rings. The smallest absolute Gasteiger partial charge is 0.396 e. The van der Waals surface area contributed by atoms with E-state index in [9.17, 15) is 14.4 Å². The number of hydrogen-bond acceptors (Lipinski definition) is 5. The third kappa shape index (κ3) is 2.49. The summed E-state index contributed by atoms with van der Waals surface area (Å²) < 4.78 is 9.53. The predicted octanol–water partition coefficient (Wildman–Crippen LogP) is 0.153. The highest BCUT2D eigenvalue weighted by Gasteiger charge is 2.23. The fourth-order valence-electron chi connectivity index (χ4n) is 1.62. The fraction of sp³-hybridized carbons (Fsp3) is 0.250. The van der Waals surface area contributed by atoms with Crippen molar-refractivity contribution in [2.45, 2.75) is 0 Å². The Morgan fingerprint density at radius 3 is 2.84 bits per heavy atom. The molecule has 7 nitrogen and oxygen atoms in total. The van der Waals surface area contributed by atoms with Crippen LogP contribution in [0.1, 0.15) is 0 Å². The average Bonchev–Trinajstić information content (AvgIpc) is 2.42. The number of esters is 1. The number of ether oxygens (including phenoxy) is 2. The predicted molar refractivity (Wildman–Crippen MR) is 66.0 cm³/mol. The summed E-state index contributed by atoms with van der Waals surface area (Å²) in [6.45, 7) is -0.0165. The first-order valence-corrected chi connectivity index (χ1v) is 5.45. The molecule has 0 radical (unpaired) electrons. The molecule has 1 aromatic rings. The SMILES string of the molecule is COC(=O)C(=O)Nc1ccc2c(c1)N(C)C(=O)CO2. The third-order valence-electron chi connectivity index (χ3n) is 2.67. The first-order chi connectivity index (χ1) is 9.02. The molecule has 0 atom stereocenters. The van der Waals surface area contributed by atoms with Crippen LogP contribution in [0.15, 0.2) is 18.2 Å². The number of benzene rings is 1. The third-order valence-corrected chi connectivity index (χ3v) is 2.67. The highest BCUT2D eigenvalue weighted by molar-refractivity contribution is 6.37. The topological polar surface area (TPSA) is 84.9 Å². The Bertz CT molecular complexity index is 555. The summed E-state index contributed by atoms with van der Waals surface area (Å²) in [5.41, 5.74) is 0.901. The quantitative estimate of drug-likeness (QED) is 0.576. The summed E-state index contributed by atoms with van der Waals surface area (Å²) in [4.78, 5) is 35.3. The van der Waals surface area contributed by atoms with E-state index in [4.69, 9.17) is 4.74 Å². The highest BCUT2D eigenvalue weighted by Crippen LogP contribution is 2.33. The first kappa shape index (κ1) is 12.9. The molecule has 1 aromatic carbocycles. The van der Waals surface area contributed by atoms with E-state index in [1.165, 1.54) is 4.90 Å². The van der Waals surface area contributed by atoms with Crippen molar-refractivity contribution in [3.8, 4) is 5.75 Å². The van der Waals surface area contributed by atoms with Gasteiger partial charge in [-0.3, -0.25) is 9.59 Å². The van der Waals surface area contributed by atoms with Gasteiger partial charge in [-0.2, -0.15) is 0 Å². The second-order valence-corrected chi connectivity index (χ2v) is 3.87. The minimum absolute atomic E-state index is 0.0165. The molecule has 100 valence electrons. The lowest BCUT2D eigenvalue weighted by Gasteiger charge is -2.26. The zero-order valence-electron chi connectivity index (χ0n) is 10.4. The van der Waals surface area contributed by atoms with E-state index in [1.807, 2.05) is 0 Å². The summed E-state index contributed by atoms with van der Waals surface area (Å²) in [6.07, 6.45) is 0. The Morgan fingerprint density at radius 1 is 1.42 bits per heavy atom. The summed E-state index contributed by atoms with van der Waals surface area (Å²) in [6, 6.07) is 4.74. The molecule has 0 unspecified atom stereocenters. The number of rotatable bonds is 1. The van der Waals surface area contributed by atoms with Gasteiger partial charge in [0.2, 0.25) is 0 Å². The van der Waals surface area contributed by atoms with E-state index < -0.39 is 11.9 Å². The maximum Gasteiger partial charge on any atom is 0.396 e. The Kier molecular flexibility index (Phi) is 3.37. The van der Waals surface area contributed by atoms with E-state index in [0.29, 0.717) is 17.1 Å². The molecule has 2 rings (SSSR count). The van der Waals surface area contributed by atoms with Crippen LogP contribution in [-0.4, -0.2) is 38.5 Å². The minimum atomic E-state index is -0.988. The van der Waals surface area contributed by atoms with Gasteiger partial charge >= 0.3 is 11.9 Å². The van der Waals surface area contributed by atoms with Crippen LogP contribution in [-0.2, 0) is 19.1 Å². The molecular weight excluding hydrogens is 252 g/mol. The summed E-state index contributed by atoms with van der Waals surface area (Å²) in [5, 5.41) is 2.37. The van der Waals surface area contributed by atoms with Gasteiger partial charge in [-0.05, 0) is 18.2 Å². The average molecular weight is 264 g/mol. The number of nitrogens with zero attached hydrogens (tertiary/aromatic N) is 1. The van der Waals surface area contributed by atoms with Crippen molar-refractivity contribution in [3.63, 3.8) is 0 Å². The first-order valence-electron chi connectivity index (χ1n) is 5.45. The van der Waals surface area contributed by atoms with Gasteiger partial charge in [0.05, 0.1) is 12.8 Å². The van der Waals surface area contributed by atoms with Gasteiger partial charge in [0, 0.05) is 12.7 Å². The van der Waals surface area contributed by atoms with Crippen molar-refractivity contribution in [2.75, 3.05) is 31.0 Å². The Labute approximate surface area is 109 Å². The maximum atomic E-state index is 11.5. The van der Waals surface area contributed by atoms with E-state index in [0.717, 1.165) is 7.11 Å². The van der Waals surface area contributed by atoms with Gasteiger partial charge in [0.15, 0.2) is 6.61 Å². The molecule has 1 aliphatic heterocycles. The molecule has 0 spiro atoms. The van der Waals surface area contributed by atoms with Crippen LogP contribution in [0.5, 0.6) is 5.75 Å². The highest BCUT2D eigenvalue weighted by atomic mass is 16.5. The van der Waals surface area contributed by atoms with Crippen LogP contribution in [0.25, 0.3) is 0 Å². The van der Waals surface area contributed by atoms with Crippen LogP contribution in [0.4, 0.5) is 11.4 Å². The number of nitrogens with one attached hydrogen (secondary N) is 1. The van der Waals surface area contributed by atoms with Crippen molar-refractivity contribution >= 4 is 29.2 Å². The summed E-state index contributed by atoms with van der Waals surface area (Å²) in [7, 11) is 2.73. The molecule has 1 N–H and O–H groups in total. The number of likely N-dealkylation sites (N-methyl/N-ethyl adjacent to an activating group) is 1. The minimum Gasteiger partial charge on any atom is -0.482 e. The molecule has 2 amide bonds. The van der Waals surface area contributed by atoms with Crippen molar-refractivity contribution in [2.24, 2.45) is 0 Å². The summed E-state index contributed by atoms with van der Waals surface area (Å²) in [5.74, 6) is -1.52. The zero-order chi connectivity index (χ0) is 14.0. The lowest BCUT2D eigenvalue weighted by molar-refractivity contribution is -0.150. The molecule has 1 aliphatic rings. The number of amides is 2. The number of anilines is 2. The van der Waals surface area contributed by atoms with Crippen molar-refractivity contribution in [1.82, 2.24) is 0 Å². The van der Waals surface area contributed by atoms with Crippen LogP contribution in [0.2, 0.25) is 0 Å². The second-order valence-electron chi connectivity index (χ2n) is 3.87. The summed E-state index contributed by atoms with van der Waals surface area (Å²) >= 11 is 0. The molecular formula is C12H12N2O5. The van der Waals surface area contributed by atoms with Gasteiger partial charge in [0.1, 0.15) is 5.75 Å². The molecule has 0 saturated carbocycles. The van der Waals surface area contributed by atoms with E-state index in [-0.39, 0.29) is 12.5 Å². The van der Waals surface area contributed by atoms with Crippen molar-refractivity contribution < 1.29 is 23.9 Å². The van der Waals surface area contributed by atoms with Crippen LogP contribution in [0.3, 0.4) is 0 Å². The van der Waals surface area contributed by atoms with Gasteiger partial charge < -0.3 is 19.7 Å². The van der Waals surface area contributed by atoms with Crippen LogP contribution in [0, 0.1) is 0 Å². The largest absolute Gasteiger partial charge is 0.482 e. The number of carbonyl (C=O) groups is 3. The molecule has 7 heteroatoms. The fourth-order valence-corrected chi connectivity index (χ4v) is 1.62. The molecule has 1 heterocycles. The van der Waals surface area contributed by atoms with Crippen LogP contribution < -0.4 is 15.0 Å². The van der Waals surface area contributed by atoms with Gasteiger partial charge in [0.25, 0.3) is 5.91 Å². The normalized spacial score (nSPS) is 13.4. The van der Waals surface area contributed by atoms with Gasteiger partial charge in [-0.1, -0.05) is 0 Å². The lowest BCUT2D eigenvalue weighted by atomic mass is 10.2. The monoisotopic (exact) mass is 264 g/mol. The lowest BCUT2D eigenvalue weighted by Crippen LogP contribution is -2.35. The van der Waals surface area contributed by atoms with E-state index in [2.05, 4.69) is 10.1 Å². The molecule has 0 bridgehead atoms. The second kappa shape index (κ2) is 4.97. The zero-order valence-corrected chi connectivity index (χ0v) is 10.4. The maximum absolute atomic E-state index is 11.5. The molecule has 0 saturated heterocycles. The molecule has 0 aromatic heterocycles.